The van der Waals surface area contributed by atoms with Crippen molar-refractivity contribution < 1.29 is 8.78 Å². The highest BCUT2D eigenvalue weighted by Gasteiger charge is 2.07. The van der Waals surface area contributed by atoms with Crippen LogP contribution in [0.5, 0.6) is 0 Å². The summed E-state index contributed by atoms with van der Waals surface area (Å²) in [6.07, 6.45) is -0.502. The van der Waals surface area contributed by atoms with Gasteiger partial charge in [0.1, 0.15) is 17.8 Å². The Morgan fingerprint density at radius 1 is 0.719 bits per heavy atom. The molecule has 5 heteroatoms. The number of nitrogens with two attached hydrogens (primary N) is 1. The molecule has 0 bridgehead atoms. The Kier molecular flexibility index (Phi) is 7.95. The molecule has 0 aliphatic rings. The van der Waals surface area contributed by atoms with Gasteiger partial charge in [0, 0.05) is 30.1 Å². The van der Waals surface area contributed by atoms with Gasteiger partial charge in [0.2, 0.25) is 0 Å². The molecule has 0 saturated heterocycles. The summed E-state index contributed by atoms with van der Waals surface area (Å²) >= 11 is 0. The molecule has 4 N–H and O–H groups in total. The van der Waals surface area contributed by atoms with Gasteiger partial charge in [-0.15, -0.1) is 0 Å². The summed E-state index contributed by atoms with van der Waals surface area (Å²) in [5.74, 6) is -1.26. The molecule has 4 rings (SSSR count). The van der Waals surface area contributed by atoms with E-state index in [0.717, 1.165) is 11.6 Å². The maximum Gasteiger partial charge on any atom is 0.128 e. The highest BCUT2D eigenvalue weighted by molar-refractivity contribution is 5.79. The van der Waals surface area contributed by atoms with Crippen molar-refractivity contribution in [3.8, 4) is 11.1 Å². The number of aryl methyl sites for hydroxylation is 1. The third-order valence-corrected chi connectivity index (χ3v) is 4.98. The lowest BCUT2D eigenvalue weighted by Crippen LogP contribution is -2.20. The molecule has 3 nitrogen and oxygen atoms in total. The van der Waals surface area contributed by atoms with Gasteiger partial charge in [-0.1, -0.05) is 72.8 Å². The fourth-order valence-corrected chi connectivity index (χ4v) is 3.37. The second-order valence-corrected chi connectivity index (χ2v) is 7.30. The Morgan fingerprint density at radius 3 is 1.91 bits per heavy atom. The van der Waals surface area contributed by atoms with E-state index in [1.807, 2.05) is 43.4 Å². The van der Waals surface area contributed by atoms with E-state index in [1.165, 1.54) is 34.5 Å². The molecule has 1 atom stereocenters. The lowest BCUT2D eigenvalue weighted by Gasteiger charge is -2.15. The summed E-state index contributed by atoms with van der Waals surface area (Å²) in [5.41, 5.74) is 12.1. The van der Waals surface area contributed by atoms with Crippen molar-refractivity contribution in [3.05, 3.63) is 120 Å². The van der Waals surface area contributed by atoms with Crippen molar-refractivity contribution in [2.75, 3.05) is 17.7 Å². The molecule has 0 radical (unpaired) electrons. The van der Waals surface area contributed by atoms with Crippen LogP contribution in [-0.4, -0.2) is 7.05 Å². The van der Waals surface area contributed by atoms with Crippen LogP contribution in [-0.2, 0) is 0 Å². The van der Waals surface area contributed by atoms with E-state index >= 15 is 0 Å². The molecular weight excluding hydrogens is 404 g/mol. The molecular formula is C27H27F2N3. The van der Waals surface area contributed by atoms with E-state index in [2.05, 4.69) is 60.0 Å². The first-order valence-electron chi connectivity index (χ1n) is 10.3. The van der Waals surface area contributed by atoms with Crippen LogP contribution in [0.1, 0.15) is 17.3 Å². The van der Waals surface area contributed by atoms with E-state index in [9.17, 15) is 8.78 Å². The van der Waals surface area contributed by atoms with Crippen molar-refractivity contribution >= 4 is 11.4 Å². The van der Waals surface area contributed by atoms with Crippen molar-refractivity contribution in [1.29, 1.82) is 0 Å². The van der Waals surface area contributed by atoms with Gasteiger partial charge in [-0.25, -0.2) is 8.78 Å². The summed E-state index contributed by atoms with van der Waals surface area (Å²) in [4.78, 5) is 0. The van der Waals surface area contributed by atoms with Crippen LogP contribution in [0, 0.1) is 18.6 Å². The molecule has 0 aromatic heterocycles. The SMILES string of the molecule is CNc1ccccc1-c1ccccc1C.NC(Nc1cc(F)cc(F)c1)c1ccccc1. The number of halogens is 2. The van der Waals surface area contributed by atoms with Crippen molar-refractivity contribution in [2.24, 2.45) is 5.73 Å². The van der Waals surface area contributed by atoms with Gasteiger partial charge >= 0.3 is 0 Å². The Balaban J connectivity index is 0.000000182. The second-order valence-electron chi connectivity index (χ2n) is 7.30. The maximum absolute atomic E-state index is 13.0. The van der Waals surface area contributed by atoms with Crippen molar-refractivity contribution in [2.45, 2.75) is 13.1 Å². The largest absolute Gasteiger partial charge is 0.388 e. The number of hydrogen-bond acceptors (Lipinski definition) is 3. The lowest BCUT2D eigenvalue weighted by atomic mass is 9.99. The van der Waals surface area contributed by atoms with Gasteiger partial charge in [0.25, 0.3) is 0 Å². The molecule has 164 valence electrons. The van der Waals surface area contributed by atoms with E-state index in [-0.39, 0.29) is 0 Å². The molecule has 4 aromatic carbocycles. The van der Waals surface area contributed by atoms with Crippen LogP contribution in [0.3, 0.4) is 0 Å². The molecule has 0 spiro atoms. The standard InChI is InChI=1S/C14H15N.C13H12F2N2/c1-11-7-3-4-8-12(11)13-9-5-6-10-14(13)15-2;14-10-6-11(15)8-12(7-10)17-13(16)9-4-2-1-3-5-9/h3-10,15H,1-2H3;1-8,13,17H,16H2. The number of rotatable bonds is 5. The molecule has 0 saturated carbocycles. The molecule has 0 fully saturated rings. The molecule has 0 heterocycles. The van der Waals surface area contributed by atoms with Crippen LogP contribution in [0.25, 0.3) is 11.1 Å². The van der Waals surface area contributed by atoms with Crippen molar-refractivity contribution in [3.63, 3.8) is 0 Å². The van der Waals surface area contributed by atoms with Crippen LogP contribution < -0.4 is 16.4 Å². The second kappa shape index (κ2) is 11.1. The number of hydrogen-bond donors (Lipinski definition) is 3. The fourth-order valence-electron chi connectivity index (χ4n) is 3.37. The molecule has 0 amide bonds. The monoisotopic (exact) mass is 431 g/mol. The molecule has 0 aliphatic heterocycles. The Hall–Kier alpha value is -3.70. The van der Waals surface area contributed by atoms with E-state index in [4.69, 9.17) is 5.73 Å². The zero-order chi connectivity index (χ0) is 22.9. The fraction of sp³-hybridized carbons (Fsp3) is 0.111. The third-order valence-electron chi connectivity index (χ3n) is 4.98. The van der Waals surface area contributed by atoms with Gasteiger partial charge in [-0.2, -0.15) is 0 Å². The molecule has 4 aromatic rings. The summed E-state index contributed by atoms with van der Waals surface area (Å²) in [6, 6.07) is 29.3. The zero-order valence-electron chi connectivity index (χ0n) is 18.1. The van der Waals surface area contributed by atoms with E-state index < -0.39 is 17.8 Å². The van der Waals surface area contributed by atoms with E-state index in [1.54, 1.807) is 0 Å². The minimum absolute atomic E-state index is 0.318. The van der Waals surface area contributed by atoms with Gasteiger partial charge < -0.3 is 16.4 Å². The maximum atomic E-state index is 13.0. The topological polar surface area (TPSA) is 50.1 Å². The Morgan fingerprint density at radius 2 is 1.28 bits per heavy atom. The lowest BCUT2D eigenvalue weighted by molar-refractivity contribution is 0.583. The normalized spacial score (nSPS) is 11.2. The van der Waals surface area contributed by atoms with Gasteiger partial charge in [-0.05, 0) is 41.8 Å². The van der Waals surface area contributed by atoms with Crippen molar-refractivity contribution in [1.82, 2.24) is 0 Å². The third kappa shape index (κ3) is 6.15. The number of nitrogens with one attached hydrogen (secondary N) is 2. The first-order chi connectivity index (χ1) is 15.5. The average molecular weight is 432 g/mol. The van der Waals surface area contributed by atoms with Crippen LogP contribution in [0.4, 0.5) is 20.2 Å². The van der Waals surface area contributed by atoms with Gasteiger partial charge in [0.05, 0.1) is 0 Å². The minimum Gasteiger partial charge on any atom is -0.388 e. The summed E-state index contributed by atoms with van der Waals surface area (Å²) in [6.45, 7) is 2.14. The zero-order valence-corrected chi connectivity index (χ0v) is 18.1. The Labute approximate surface area is 187 Å². The summed E-state index contributed by atoms with van der Waals surface area (Å²) in [5, 5.41) is 6.06. The highest BCUT2D eigenvalue weighted by atomic mass is 19.1. The van der Waals surface area contributed by atoms with E-state index in [0.29, 0.717) is 5.69 Å². The number of benzene rings is 4. The Bertz CT molecular complexity index is 1130. The molecule has 0 aliphatic carbocycles. The number of anilines is 2. The highest BCUT2D eigenvalue weighted by Crippen LogP contribution is 2.29. The summed E-state index contributed by atoms with van der Waals surface area (Å²) in [7, 11) is 1.96. The quantitative estimate of drug-likeness (QED) is 0.307. The first-order valence-corrected chi connectivity index (χ1v) is 10.3. The minimum atomic E-state index is -0.632. The van der Waals surface area contributed by atoms with Crippen LogP contribution >= 0.6 is 0 Å². The molecule has 32 heavy (non-hydrogen) atoms. The average Bonchev–Trinajstić information content (AvgIpc) is 2.80. The van der Waals surface area contributed by atoms with Crippen LogP contribution in [0.15, 0.2) is 97.1 Å². The summed E-state index contributed by atoms with van der Waals surface area (Å²) < 4.78 is 25.9. The molecule has 1 unspecified atom stereocenters. The van der Waals surface area contributed by atoms with Gasteiger partial charge in [-0.3, -0.25) is 0 Å². The smallest absolute Gasteiger partial charge is 0.128 e. The predicted molar refractivity (Wildman–Crippen MR) is 130 cm³/mol. The predicted octanol–water partition coefficient (Wildman–Crippen LogP) is 6.74. The van der Waals surface area contributed by atoms with Gasteiger partial charge in [0.15, 0.2) is 0 Å². The number of para-hydroxylation sites is 1. The first kappa shape index (κ1) is 23.0. The van der Waals surface area contributed by atoms with Crippen LogP contribution in [0.2, 0.25) is 0 Å².